The molecule has 3 aromatic rings. The topological polar surface area (TPSA) is 112 Å². The van der Waals surface area contributed by atoms with Crippen LogP contribution >= 0.6 is 0 Å². The van der Waals surface area contributed by atoms with Gasteiger partial charge in [0.25, 0.3) is 11.8 Å². The Morgan fingerprint density at radius 3 is 2.61 bits per heavy atom. The van der Waals surface area contributed by atoms with Crippen LogP contribution in [0.2, 0.25) is 0 Å². The van der Waals surface area contributed by atoms with Gasteiger partial charge in [-0.3, -0.25) is 9.59 Å². The molecule has 0 atom stereocenters. The highest BCUT2D eigenvalue weighted by molar-refractivity contribution is 5.95. The molecule has 11 heteroatoms. The summed E-state index contributed by atoms with van der Waals surface area (Å²) in [5, 5.41) is 10.1. The Labute approximate surface area is 174 Å². The number of carbonyl (C=O) groups excluding carboxylic acids is 2. The van der Waals surface area contributed by atoms with Crippen molar-refractivity contribution in [1.29, 1.82) is 0 Å². The minimum Gasteiger partial charge on any atom is -0.487 e. The molecule has 2 aromatic carbocycles. The molecule has 0 fully saturated rings. The van der Waals surface area contributed by atoms with E-state index in [-0.39, 0.29) is 35.1 Å². The first-order valence-electron chi connectivity index (χ1n) is 9.12. The van der Waals surface area contributed by atoms with Crippen LogP contribution in [0.4, 0.5) is 13.2 Å². The minimum absolute atomic E-state index is 0.0865. The number of carbonyl (C=O) groups is 2. The zero-order chi connectivity index (χ0) is 22.6. The Balaban J connectivity index is 1.94. The van der Waals surface area contributed by atoms with E-state index in [0.29, 0.717) is 12.2 Å². The molecule has 1 aromatic heterocycles. The number of ether oxygens (including phenoxy) is 1. The van der Waals surface area contributed by atoms with Gasteiger partial charge in [0.1, 0.15) is 18.0 Å². The second-order valence-corrected chi connectivity index (χ2v) is 6.44. The van der Waals surface area contributed by atoms with Crippen molar-refractivity contribution in [3.63, 3.8) is 0 Å². The Morgan fingerprint density at radius 2 is 1.97 bits per heavy atom. The molecule has 8 nitrogen and oxygen atoms in total. The average molecular weight is 433 g/mol. The van der Waals surface area contributed by atoms with E-state index in [2.05, 4.69) is 15.6 Å². The Morgan fingerprint density at radius 1 is 1.19 bits per heavy atom. The predicted octanol–water partition coefficient (Wildman–Crippen LogP) is 2.71. The van der Waals surface area contributed by atoms with Gasteiger partial charge < -0.3 is 15.8 Å². The number of nitrogens with zero attached hydrogens (tertiary/aromatic N) is 3. The van der Waals surface area contributed by atoms with Crippen LogP contribution in [0.15, 0.2) is 48.7 Å². The van der Waals surface area contributed by atoms with Gasteiger partial charge in [-0.25, -0.2) is 4.68 Å². The molecule has 0 radical (unpaired) electrons. The average Bonchev–Trinajstić information content (AvgIpc) is 3.22. The smallest absolute Gasteiger partial charge is 0.416 e. The number of nitrogens with two attached hydrogens (primary N) is 1. The normalized spacial score (nSPS) is 11.2. The fourth-order valence-corrected chi connectivity index (χ4v) is 2.72. The molecule has 1 heterocycles. The van der Waals surface area contributed by atoms with Gasteiger partial charge in [-0.15, -0.1) is 5.10 Å². The van der Waals surface area contributed by atoms with E-state index in [9.17, 15) is 22.8 Å². The molecule has 0 unspecified atom stereocenters. The van der Waals surface area contributed by atoms with Gasteiger partial charge in [0.05, 0.1) is 11.8 Å². The molecule has 31 heavy (non-hydrogen) atoms. The third-order valence-corrected chi connectivity index (χ3v) is 4.20. The van der Waals surface area contributed by atoms with Crippen molar-refractivity contribution in [1.82, 2.24) is 20.3 Å². The summed E-state index contributed by atoms with van der Waals surface area (Å²) in [7, 11) is 0. The molecule has 2 amide bonds. The maximum absolute atomic E-state index is 13.0. The summed E-state index contributed by atoms with van der Waals surface area (Å²) in [5.74, 6) is -0.979. The third kappa shape index (κ3) is 5.18. The van der Waals surface area contributed by atoms with Crippen LogP contribution in [0.25, 0.3) is 5.69 Å². The number of amides is 2. The second-order valence-electron chi connectivity index (χ2n) is 6.44. The zero-order valence-corrected chi connectivity index (χ0v) is 16.3. The van der Waals surface area contributed by atoms with Crippen LogP contribution in [-0.2, 0) is 12.8 Å². The van der Waals surface area contributed by atoms with E-state index < -0.39 is 17.6 Å². The highest BCUT2D eigenvalue weighted by Crippen LogP contribution is 2.30. The fraction of sp³-hybridized carbons (Fsp3) is 0.200. The SMILES string of the molecule is CCNC(=O)c1ccc(-n2cc(C(N)=O)nn2)c(OCc2cccc(C(F)(F)F)c2)c1. The highest BCUT2D eigenvalue weighted by atomic mass is 19.4. The molecular formula is C20H18F3N5O3. The van der Waals surface area contributed by atoms with Gasteiger partial charge in [-0.1, -0.05) is 17.3 Å². The first kappa shape index (κ1) is 21.8. The van der Waals surface area contributed by atoms with Crippen LogP contribution in [0.3, 0.4) is 0 Å². The highest BCUT2D eigenvalue weighted by Gasteiger charge is 2.30. The summed E-state index contributed by atoms with van der Waals surface area (Å²) < 4.78 is 45.8. The molecule has 0 aliphatic rings. The summed E-state index contributed by atoms with van der Waals surface area (Å²) in [6.45, 7) is 1.97. The Bertz CT molecular complexity index is 1110. The molecule has 3 N–H and O–H groups in total. The molecule has 0 saturated carbocycles. The van der Waals surface area contributed by atoms with E-state index >= 15 is 0 Å². The molecule has 0 saturated heterocycles. The van der Waals surface area contributed by atoms with E-state index in [4.69, 9.17) is 10.5 Å². The van der Waals surface area contributed by atoms with E-state index in [1.807, 2.05) is 0 Å². The Hall–Kier alpha value is -3.89. The molecule has 0 aliphatic carbocycles. The van der Waals surface area contributed by atoms with Gasteiger partial charge in [0.15, 0.2) is 5.69 Å². The van der Waals surface area contributed by atoms with Crippen molar-refractivity contribution >= 4 is 11.8 Å². The number of primary amides is 1. The van der Waals surface area contributed by atoms with Gasteiger partial charge in [-0.2, -0.15) is 13.2 Å². The molecule has 0 spiro atoms. The van der Waals surface area contributed by atoms with Gasteiger partial charge in [-0.05, 0) is 42.8 Å². The first-order chi connectivity index (χ1) is 14.7. The van der Waals surface area contributed by atoms with Crippen molar-refractivity contribution in [2.24, 2.45) is 5.73 Å². The monoisotopic (exact) mass is 433 g/mol. The van der Waals surface area contributed by atoms with Crippen LogP contribution in [0.5, 0.6) is 5.75 Å². The maximum Gasteiger partial charge on any atom is 0.416 e. The van der Waals surface area contributed by atoms with E-state index in [1.165, 1.54) is 41.2 Å². The summed E-state index contributed by atoms with van der Waals surface area (Å²) in [6, 6.07) is 9.18. The second kappa shape index (κ2) is 8.86. The quantitative estimate of drug-likeness (QED) is 0.595. The largest absolute Gasteiger partial charge is 0.487 e. The van der Waals surface area contributed by atoms with Crippen molar-refractivity contribution in [3.8, 4) is 11.4 Å². The first-order valence-corrected chi connectivity index (χ1v) is 9.12. The lowest BCUT2D eigenvalue weighted by molar-refractivity contribution is -0.137. The number of aromatic nitrogens is 3. The van der Waals surface area contributed by atoms with Crippen molar-refractivity contribution in [3.05, 3.63) is 71.0 Å². The van der Waals surface area contributed by atoms with Crippen molar-refractivity contribution in [2.45, 2.75) is 19.7 Å². The van der Waals surface area contributed by atoms with Gasteiger partial charge in [0, 0.05) is 12.1 Å². The number of halogens is 3. The van der Waals surface area contributed by atoms with Crippen LogP contribution in [-0.4, -0.2) is 33.4 Å². The molecule has 0 bridgehead atoms. The molecule has 162 valence electrons. The standard InChI is InChI=1S/C20H18F3N5O3/c1-2-25-19(30)13-6-7-16(28-10-15(18(24)29)26-27-28)17(9-13)31-11-12-4-3-5-14(8-12)20(21,22)23/h3-10H,2,11H2,1H3,(H2,24,29)(H,25,30). The van der Waals surface area contributed by atoms with Crippen LogP contribution in [0, 0.1) is 0 Å². The molecule has 3 rings (SSSR count). The van der Waals surface area contributed by atoms with Crippen molar-refractivity contribution < 1.29 is 27.5 Å². The lowest BCUT2D eigenvalue weighted by Crippen LogP contribution is -2.22. The maximum atomic E-state index is 13.0. The number of alkyl halides is 3. The van der Waals surface area contributed by atoms with E-state index in [1.54, 1.807) is 6.92 Å². The van der Waals surface area contributed by atoms with Gasteiger partial charge >= 0.3 is 6.18 Å². The third-order valence-electron chi connectivity index (χ3n) is 4.20. The summed E-state index contributed by atoms with van der Waals surface area (Å²) in [6.07, 6.45) is -3.20. The minimum atomic E-state index is -4.48. The van der Waals surface area contributed by atoms with Crippen molar-refractivity contribution in [2.75, 3.05) is 6.54 Å². The lowest BCUT2D eigenvalue weighted by Gasteiger charge is -2.14. The molecular weight excluding hydrogens is 415 g/mol. The predicted molar refractivity (Wildman–Crippen MR) is 104 cm³/mol. The van der Waals surface area contributed by atoms with E-state index in [0.717, 1.165) is 12.1 Å². The Kier molecular flexibility index (Phi) is 6.23. The number of rotatable bonds is 7. The summed E-state index contributed by atoms with van der Waals surface area (Å²) in [5.41, 5.74) is 5.18. The summed E-state index contributed by atoms with van der Waals surface area (Å²) in [4.78, 5) is 23.5. The fourth-order valence-electron chi connectivity index (χ4n) is 2.72. The van der Waals surface area contributed by atoms with Gasteiger partial charge in [0.2, 0.25) is 0 Å². The summed E-state index contributed by atoms with van der Waals surface area (Å²) >= 11 is 0. The number of hydrogen-bond donors (Lipinski definition) is 2. The number of benzene rings is 2. The van der Waals surface area contributed by atoms with Crippen LogP contribution in [0.1, 0.15) is 38.9 Å². The zero-order valence-electron chi connectivity index (χ0n) is 16.3. The number of hydrogen-bond acceptors (Lipinski definition) is 5. The molecule has 0 aliphatic heterocycles. The number of nitrogens with one attached hydrogen (secondary N) is 1. The van der Waals surface area contributed by atoms with Crippen LogP contribution < -0.4 is 15.8 Å². The lowest BCUT2D eigenvalue weighted by atomic mass is 10.1.